The van der Waals surface area contributed by atoms with Gasteiger partial charge < -0.3 is 10.2 Å². The average molecular weight is 324 g/mol. The van der Waals surface area contributed by atoms with E-state index >= 15 is 0 Å². The molecule has 1 saturated heterocycles. The maximum Gasteiger partial charge on any atom is 0.00914 e. The zero-order valence-corrected chi connectivity index (χ0v) is 12.1. The lowest BCUT2D eigenvalue weighted by Gasteiger charge is -2.29. The summed E-state index contributed by atoms with van der Waals surface area (Å²) in [6.07, 6.45) is 8.26. The maximum absolute atomic E-state index is 3.69. The number of likely N-dealkylation sites (tertiary alicyclic amines) is 1. The van der Waals surface area contributed by atoms with Crippen molar-refractivity contribution in [3.05, 3.63) is 0 Å². The molecular weight excluding hydrogens is 299 g/mol. The third-order valence-corrected chi connectivity index (χ3v) is 3.97. The number of hydrogen-bond acceptors (Lipinski definition) is 2. The van der Waals surface area contributed by atoms with E-state index in [0.717, 1.165) is 6.04 Å². The summed E-state index contributed by atoms with van der Waals surface area (Å²) in [6.45, 7) is 3.77. The number of hydrogen-bond donors (Lipinski definition) is 1. The van der Waals surface area contributed by atoms with E-state index in [4.69, 9.17) is 0 Å². The first-order valence-corrected chi connectivity index (χ1v) is 7.83. The fourth-order valence-corrected chi connectivity index (χ4v) is 2.63. The number of nitrogens with zero attached hydrogens (tertiary/aromatic N) is 1. The van der Waals surface area contributed by atoms with Crippen LogP contribution in [0.1, 0.15) is 38.5 Å². The summed E-state index contributed by atoms with van der Waals surface area (Å²) in [7, 11) is 2.22. The molecule has 0 bridgehead atoms. The van der Waals surface area contributed by atoms with Crippen molar-refractivity contribution >= 4 is 22.6 Å². The molecule has 15 heavy (non-hydrogen) atoms. The fraction of sp³-hybridized carbons (Fsp3) is 1.00. The number of alkyl halides is 1. The fourth-order valence-electron chi connectivity index (χ4n) is 2.09. The second-order valence-electron chi connectivity index (χ2n) is 4.63. The van der Waals surface area contributed by atoms with E-state index in [-0.39, 0.29) is 0 Å². The lowest BCUT2D eigenvalue weighted by atomic mass is 10.1. The van der Waals surface area contributed by atoms with Gasteiger partial charge in [0.1, 0.15) is 0 Å². The van der Waals surface area contributed by atoms with Gasteiger partial charge in [0.2, 0.25) is 0 Å². The summed E-state index contributed by atoms with van der Waals surface area (Å²) >= 11 is 2.47. The van der Waals surface area contributed by atoms with Crippen molar-refractivity contribution in [3.8, 4) is 0 Å². The molecule has 2 nitrogen and oxygen atoms in total. The SMILES string of the molecule is CN1CCC(NCCCCCCI)CC1. The highest BCUT2D eigenvalue weighted by Gasteiger charge is 2.14. The van der Waals surface area contributed by atoms with Crippen LogP contribution in [0.5, 0.6) is 0 Å². The van der Waals surface area contributed by atoms with Gasteiger partial charge in [-0.2, -0.15) is 0 Å². The molecule has 3 heteroatoms. The zero-order valence-electron chi connectivity index (χ0n) is 9.97. The topological polar surface area (TPSA) is 15.3 Å². The molecule has 1 aliphatic rings. The minimum absolute atomic E-state index is 0.797. The Hall–Kier alpha value is 0.650. The van der Waals surface area contributed by atoms with Gasteiger partial charge in [0.25, 0.3) is 0 Å². The van der Waals surface area contributed by atoms with Crippen LogP contribution in [-0.4, -0.2) is 42.1 Å². The molecule has 1 aliphatic heterocycles. The van der Waals surface area contributed by atoms with Crippen molar-refractivity contribution in [2.75, 3.05) is 31.1 Å². The molecule has 0 spiro atoms. The van der Waals surface area contributed by atoms with Gasteiger partial charge in [-0.05, 0) is 56.8 Å². The monoisotopic (exact) mass is 324 g/mol. The minimum atomic E-state index is 0.797. The number of nitrogens with one attached hydrogen (secondary N) is 1. The van der Waals surface area contributed by atoms with Crippen LogP contribution >= 0.6 is 22.6 Å². The van der Waals surface area contributed by atoms with E-state index in [9.17, 15) is 0 Å². The third-order valence-electron chi connectivity index (χ3n) is 3.21. The first-order chi connectivity index (χ1) is 7.33. The molecule has 0 amide bonds. The van der Waals surface area contributed by atoms with Gasteiger partial charge in [-0.25, -0.2) is 0 Å². The van der Waals surface area contributed by atoms with Crippen molar-refractivity contribution in [2.45, 2.75) is 44.6 Å². The molecule has 0 aromatic heterocycles. The Morgan fingerprint density at radius 1 is 1.13 bits per heavy atom. The molecule has 0 atom stereocenters. The second kappa shape index (κ2) is 8.76. The average Bonchev–Trinajstić information content (AvgIpc) is 2.26. The second-order valence-corrected chi connectivity index (χ2v) is 5.71. The van der Waals surface area contributed by atoms with E-state index in [1.807, 2.05) is 0 Å². The summed E-state index contributed by atoms with van der Waals surface area (Å²) in [5.74, 6) is 0. The first kappa shape index (κ1) is 13.7. The molecule has 0 aromatic carbocycles. The number of piperidine rings is 1. The van der Waals surface area contributed by atoms with Gasteiger partial charge in [-0.15, -0.1) is 0 Å². The Kier molecular flexibility index (Phi) is 8.01. The quantitative estimate of drug-likeness (QED) is 0.440. The summed E-state index contributed by atoms with van der Waals surface area (Å²) in [6, 6.07) is 0.797. The summed E-state index contributed by atoms with van der Waals surface area (Å²) in [5.41, 5.74) is 0. The lowest BCUT2D eigenvalue weighted by Crippen LogP contribution is -2.41. The molecule has 0 unspecified atom stereocenters. The predicted octanol–water partition coefficient (Wildman–Crippen LogP) is 2.67. The van der Waals surface area contributed by atoms with Crippen LogP contribution in [0.3, 0.4) is 0 Å². The Morgan fingerprint density at radius 3 is 2.47 bits per heavy atom. The highest BCUT2D eigenvalue weighted by molar-refractivity contribution is 14.1. The molecule has 1 N–H and O–H groups in total. The first-order valence-electron chi connectivity index (χ1n) is 6.31. The van der Waals surface area contributed by atoms with Crippen LogP contribution in [0.15, 0.2) is 0 Å². The van der Waals surface area contributed by atoms with E-state index in [1.54, 1.807) is 0 Å². The molecule has 1 heterocycles. The van der Waals surface area contributed by atoms with Crippen LogP contribution in [-0.2, 0) is 0 Å². The number of rotatable bonds is 7. The standard InChI is InChI=1S/C12H25IN2/c1-15-10-6-12(7-11-15)14-9-5-3-2-4-8-13/h12,14H,2-11H2,1H3. The molecule has 0 aromatic rings. The summed E-state index contributed by atoms with van der Waals surface area (Å²) in [4.78, 5) is 2.43. The van der Waals surface area contributed by atoms with Crippen LogP contribution in [0, 0.1) is 0 Å². The molecular formula is C12H25IN2. The minimum Gasteiger partial charge on any atom is -0.314 e. The Labute approximate surface area is 108 Å². The lowest BCUT2D eigenvalue weighted by molar-refractivity contribution is 0.234. The predicted molar refractivity (Wildman–Crippen MR) is 75.9 cm³/mol. The third kappa shape index (κ3) is 6.74. The zero-order chi connectivity index (χ0) is 10.9. The van der Waals surface area contributed by atoms with Gasteiger partial charge >= 0.3 is 0 Å². The van der Waals surface area contributed by atoms with Crippen molar-refractivity contribution in [3.63, 3.8) is 0 Å². The van der Waals surface area contributed by atoms with Crippen molar-refractivity contribution < 1.29 is 0 Å². The molecule has 0 aliphatic carbocycles. The van der Waals surface area contributed by atoms with Gasteiger partial charge in [-0.3, -0.25) is 0 Å². The largest absolute Gasteiger partial charge is 0.314 e. The molecule has 0 radical (unpaired) electrons. The van der Waals surface area contributed by atoms with Crippen molar-refractivity contribution in [1.82, 2.24) is 10.2 Å². The normalized spacial score (nSPS) is 19.6. The summed E-state index contributed by atoms with van der Waals surface area (Å²) < 4.78 is 1.32. The number of halogens is 1. The molecule has 1 fully saturated rings. The van der Waals surface area contributed by atoms with Gasteiger partial charge in [0.05, 0.1) is 0 Å². The van der Waals surface area contributed by atoms with E-state index in [1.165, 1.54) is 62.6 Å². The summed E-state index contributed by atoms with van der Waals surface area (Å²) in [5, 5.41) is 3.69. The molecule has 90 valence electrons. The van der Waals surface area contributed by atoms with Gasteiger partial charge in [-0.1, -0.05) is 35.4 Å². The van der Waals surface area contributed by atoms with E-state index in [0.29, 0.717) is 0 Å². The van der Waals surface area contributed by atoms with Crippen molar-refractivity contribution in [1.29, 1.82) is 0 Å². The van der Waals surface area contributed by atoms with E-state index < -0.39 is 0 Å². The Balaban J connectivity index is 1.87. The van der Waals surface area contributed by atoms with Crippen LogP contribution in [0.25, 0.3) is 0 Å². The molecule has 0 saturated carbocycles. The van der Waals surface area contributed by atoms with Crippen LogP contribution in [0.4, 0.5) is 0 Å². The highest BCUT2D eigenvalue weighted by Crippen LogP contribution is 2.08. The molecule has 1 rings (SSSR count). The number of unbranched alkanes of at least 4 members (excludes halogenated alkanes) is 3. The van der Waals surface area contributed by atoms with Crippen LogP contribution in [0.2, 0.25) is 0 Å². The highest BCUT2D eigenvalue weighted by atomic mass is 127. The van der Waals surface area contributed by atoms with Gasteiger partial charge in [0, 0.05) is 6.04 Å². The van der Waals surface area contributed by atoms with E-state index in [2.05, 4.69) is 39.9 Å². The Bertz CT molecular complexity index is 145. The van der Waals surface area contributed by atoms with Crippen LogP contribution < -0.4 is 5.32 Å². The van der Waals surface area contributed by atoms with Crippen molar-refractivity contribution in [2.24, 2.45) is 0 Å². The maximum atomic E-state index is 3.69. The smallest absolute Gasteiger partial charge is 0.00914 e. The Morgan fingerprint density at radius 2 is 1.80 bits per heavy atom. The van der Waals surface area contributed by atoms with Gasteiger partial charge in [0.15, 0.2) is 0 Å².